The first-order valence-electron chi connectivity index (χ1n) is 6.69. The monoisotopic (exact) mass is 394 g/mol. The van der Waals surface area contributed by atoms with Crippen molar-refractivity contribution in [3.63, 3.8) is 0 Å². The van der Waals surface area contributed by atoms with Gasteiger partial charge in [0.25, 0.3) is 0 Å². The fourth-order valence-electron chi connectivity index (χ4n) is 5.19. The van der Waals surface area contributed by atoms with E-state index in [9.17, 15) is 5.11 Å². The molecule has 0 unspecified atom stereocenters. The summed E-state index contributed by atoms with van der Waals surface area (Å²) in [7, 11) is 0. The highest BCUT2D eigenvalue weighted by atomic mass is 35.5. The third kappa shape index (κ3) is 1.26. The van der Waals surface area contributed by atoms with E-state index in [2.05, 4.69) is 0 Å². The summed E-state index contributed by atoms with van der Waals surface area (Å²) >= 11 is 39.6. The first-order valence-corrected chi connectivity index (χ1v) is 8.95. The molecule has 4 bridgehead atoms. The van der Waals surface area contributed by atoms with Gasteiger partial charge in [0.15, 0.2) is 4.33 Å². The second-order valence-corrected chi connectivity index (χ2v) is 9.76. The van der Waals surface area contributed by atoms with Gasteiger partial charge in [0.05, 0.1) is 16.2 Å². The molecule has 1 nitrogen and oxygen atoms in total. The Hall–Kier alpha value is 1.44. The molecule has 0 aromatic carbocycles. The lowest BCUT2D eigenvalue weighted by atomic mass is 9.54. The number of aliphatic hydroxyl groups excluding tert-OH is 1. The maximum absolute atomic E-state index is 10.3. The molecule has 5 aliphatic carbocycles. The molecule has 0 spiro atoms. The van der Waals surface area contributed by atoms with Gasteiger partial charge in [0.2, 0.25) is 0 Å². The Morgan fingerprint density at radius 1 is 0.900 bits per heavy atom. The van der Waals surface area contributed by atoms with Crippen molar-refractivity contribution < 1.29 is 5.11 Å². The van der Waals surface area contributed by atoms with Crippen LogP contribution >= 0.6 is 69.6 Å². The van der Waals surface area contributed by atoms with Gasteiger partial charge in [-0.15, -0.1) is 23.2 Å². The standard InChI is InChI=1S/C13H12Cl6O/c14-9-10(15)12(17)8-5-2-1-4(3-6(5)20)7(8)11(9,16)13(12,18)19/h4-8,20H,1-3H2/t4-,5+,6+,7+,8-,11+,12-/m1/s1. The van der Waals surface area contributed by atoms with Crippen LogP contribution in [0.2, 0.25) is 0 Å². The zero-order valence-corrected chi connectivity index (χ0v) is 14.8. The first kappa shape index (κ1) is 15.0. The lowest BCUT2D eigenvalue weighted by molar-refractivity contribution is -0.0749. The van der Waals surface area contributed by atoms with Crippen LogP contribution in [-0.2, 0) is 0 Å². The molecule has 5 aliphatic rings. The van der Waals surface area contributed by atoms with Crippen LogP contribution in [0.4, 0.5) is 0 Å². The molecule has 0 radical (unpaired) electrons. The van der Waals surface area contributed by atoms with Gasteiger partial charge in [-0.3, -0.25) is 0 Å². The number of hydrogen-bond donors (Lipinski definition) is 1. The molecule has 4 saturated carbocycles. The Kier molecular flexibility index (Phi) is 3.07. The summed E-state index contributed by atoms with van der Waals surface area (Å²) < 4.78 is -1.46. The summed E-state index contributed by atoms with van der Waals surface area (Å²) in [6.45, 7) is 0. The third-order valence-electron chi connectivity index (χ3n) is 5.93. The molecule has 0 aromatic heterocycles. The molecule has 20 heavy (non-hydrogen) atoms. The maximum Gasteiger partial charge on any atom is 0.166 e. The van der Waals surface area contributed by atoms with Crippen molar-refractivity contribution in [2.75, 3.05) is 0 Å². The van der Waals surface area contributed by atoms with Gasteiger partial charge in [-0.1, -0.05) is 46.4 Å². The minimum Gasteiger partial charge on any atom is -0.393 e. The van der Waals surface area contributed by atoms with E-state index in [1.54, 1.807) is 0 Å². The normalized spacial score (nSPS) is 59.2. The topological polar surface area (TPSA) is 20.2 Å². The fraction of sp³-hybridized carbons (Fsp3) is 0.846. The van der Waals surface area contributed by atoms with Gasteiger partial charge in [-0.2, -0.15) is 0 Å². The molecule has 1 N–H and O–H groups in total. The van der Waals surface area contributed by atoms with Gasteiger partial charge < -0.3 is 5.11 Å². The number of hydrogen-bond acceptors (Lipinski definition) is 1. The third-order valence-corrected chi connectivity index (χ3v) is 10.2. The van der Waals surface area contributed by atoms with E-state index in [-0.39, 0.29) is 33.7 Å². The number of allylic oxidation sites excluding steroid dienone is 2. The summed E-state index contributed by atoms with van der Waals surface area (Å²) in [6.07, 6.45) is 2.22. The van der Waals surface area contributed by atoms with Crippen LogP contribution in [-0.4, -0.2) is 25.3 Å². The SMILES string of the molecule is O[C@H]1C[C@H]2CC[C@@H]1[C@@H]1[C@H]2[C@]2(Cl)C(Cl)=C(Cl)[C@@]1(Cl)C2(Cl)Cl. The highest BCUT2D eigenvalue weighted by Gasteiger charge is 2.85. The molecule has 0 heterocycles. The minimum atomic E-state index is -1.46. The molecule has 4 fully saturated rings. The van der Waals surface area contributed by atoms with Crippen LogP contribution in [0.1, 0.15) is 19.3 Å². The number of rotatable bonds is 0. The maximum atomic E-state index is 10.3. The molecular weight excluding hydrogens is 385 g/mol. The van der Waals surface area contributed by atoms with Crippen molar-refractivity contribution in [1.82, 2.24) is 0 Å². The van der Waals surface area contributed by atoms with E-state index in [0.29, 0.717) is 6.42 Å². The summed E-state index contributed by atoms with van der Waals surface area (Å²) in [4.78, 5) is -2.35. The van der Waals surface area contributed by atoms with E-state index in [1.807, 2.05) is 0 Å². The Morgan fingerprint density at radius 2 is 1.45 bits per heavy atom. The number of halogens is 6. The van der Waals surface area contributed by atoms with Crippen LogP contribution in [0.15, 0.2) is 10.1 Å². The number of fused-ring (bicyclic) bond motifs is 4. The average Bonchev–Trinajstić information content (AvgIpc) is 2.61. The van der Waals surface area contributed by atoms with Crippen LogP contribution in [0, 0.1) is 23.7 Å². The number of aliphatic hydroxyl groups is 1. The van der Waals surface area contributed by atoms with Crippen LogP contribution in [0.25, 0.3) is 0 Å². The molecule has 5 rings (SSSR count). The van der Waals surface area contributed by atoms with Crippen LogP contribution in [0.3, 0.4) is 0 Å². The lowest BCUT2D eigenvalue weighted by Crippen LogP contribution is -2.55. The molecule has 0 saturated heterocycles. The second-order valence-electron chi connectivity index (χ2n) is 6.48. The molecule has 0 aliphatic heterocycles. The van der Waals surface area contributed by atoms with Crippen molar-refractivity contribution in [2.45, 2.75) is 39.4 Å². The van der Waals surface area contributed by atoms with Gasteiger partial charge in [-0.05, 0) is 42.9 Å². The van der Waals surface area contributed by atoms with Gasteiger partial charge in [0.1, 0.15) is 9.75 Å². The Morgan fingerprint density at radius 3 is 2.00 bits per heavy atom. The van der Waals surface area contributed by atoms with Gasteiger partial charge in [0, 0.05) is 0 Å². The Bertz CT molecular complexity index is 533. The fourth-order valence-corrected chi connectivity index (χ4v) is 8.34. The molecule has 112 valence electrons. The van der Waals surface area contributed by atoms with E-state index in [0.717, 1.165) is 12.8 Å². The predicted octanol–water partition coefficient (Wildman–Crippen LogP) is 4.86. The van der Waals surface area contributed by atoms with Crippen molar-refractivity contribution in [2.24, 2.45) is 23.7 Å². The van der Waals surface area contributed by atoms with Crippen molar-refractivity contribution in [1.29, 1.82) is 0 Å². The second kappa shape index (κ2) is 4.09. The quantitative estimate of drug-likeness (QED) is 0.580. The van der Waals surface area contributed by atoms with E-state index in [1.165, 1.54) is 0 Å². The molecule has 0 amide bonds. The van der Waals surface area contributed by atoms with E-state index in [4.69, 9.17) is 69.6 Å². The molecule has 7 heteroatoms. The number of alkyl halides is 4. The van der Waals surface area contributed by atoms with Crippen molar-refractivity contribution in [3.8, 4) is 0 Å². The predicted molar refractivity (Wildman–Crippen MR) is 84.2 cm³/mol. The highest BCUT2D eigenvalue weighted by molar-refractivity contribution is 6.65. The van der Waals surface area contributed by atoms with Crippen molar-refractivity contribution in [3.05, 3.63) is 10.1 Å². The summed E-state index contributed by atoms with van der Waals surface area (Å²) in [5.74, 6) is 0.0926. The average molecular weight is 397 g/mol. The Balaban J connectivity index is 1.99. The van der Waals surface area contributed by atoms with Gasteiger partial charge in [-0.25, -0.2) is 0 Å². The Labute approximate surface area is 147 Å². The molecule has 0 aromatic rings. The van der Waals surface area contributed by atoms with E-state index < -0.39 is 20.2 Å². The summed E-state index contributed by atoms with van der Waals surface area (Å²) in [6, 6.07) is 0. The van der Waals surface area contributed by atoms with Crippen LogP contribution < -0.4 is 0 Å². The first-order chi connectivity index (χ1) is 9.19. The van der Waals surface area contributed by atoms with Crippen LogP contribution in [0.5, 0.6) is 0 Å². The highest BCUT2D eigenvalue weighted by Crippen LogP contribution is 2.81. The largest absolute Gasteiger partial charge is 0.393 e. The summed E-state index contributed by atoms with van der Waals surface area (Å²) in [5.41, 5.74) is 0. The van der Waals surface area contributed by atoms with Gasteiger partial charge >= 0.3 is 0 Å². The van der Waals surface area contributed by atoms with E-state index >= 15 is 0 Å². The minimum absolute atomic E-state index is 0.0264. The smallest absolute Gasteiger partial charge is 0.166 e. The summed E-state index contributed by atoms with van der Waals surface area (Å²) in [5, 5.41) is 10.8. The van der Waals surface area contributed by atoms with Crippen molar-refractivity contribution >= 4 is 69.6 Å². The lowest BCUT2D eigenvalue weighted by Gasteiger charge is -2.54. The molecule has 7 atom stereocenters. The zero-order valence-electron chi connectivity index (χ0n) is 10.2. The zero-order chi connectivity index (χ0) is 14.7. The molecular formula is C13H12Cl6O.